The Balaban J connectivity index is 3.14. The van der Waals surface area contributed by atoms with Gasteiger partial charge in [-0.25, -0.2) is 0 Å². The quantitative estimate of drug-likeness (QED) is 0.665. The Morgan fingerprint density at radius 3 is 1.70 bits per heavy atom. The summed E-state index contributed by atoms with van der Waals surface area (Å²) in [5, 5.41) is 0. The average Bonchev–Trinajstić information content (AvgIpc) is 2.18. The van der Waals surface area contributed by atoms with Crippen molar-refractivity contribution in [1.29, 1.82) is 0 Å². The Labute approximate surface area is 135 Å². The molecule has 20 heavy (non-hydrogen) atoms. The van der Waals surface area contributed by atoms with Crippen molar-refractivity contribution >= 4 is 20.6 Å². The molecule has 1 unspecified atom stereocenters. The summed E-state index contributed by atoms with van der Waals surface area (Å²) in [5.41, 5.74) is 0.295. The van der Waals surface area contributed by atoms with Crippen LogP contribution in [0.1, 0.15) is 75.7 Å². The van der Waals surface area contributed by atoms with Crippen LogP contribution in [0.15, 0.2) is 0 Å². The first-order valence-electron chi connectivity index (χ1n) is 8.26. The van der Waals surface area contributed by atoms with Crippen LogP contribution in [0.4, 0.5) is 0 Å². The second-order valence-electron chi connectivity index (χ2n) is 7.83. The van der Waals surface area contributed by atoms with Gasteiger partial charge in [0, 0.05) is 0 Å². The molecule has 0 spiro atoms. The molecule has 0 amide bonds. The third-order valence-electron chi connectivity index (χ3n) is 4.05. The van der Waals surface area contributed by atoms with Crippen LogP contribution in [0.5, 0.6) is 0 Å². The normalized spacial score (nSPS) is 23.4. The van der Waals surface area contributed by atoms with Crippen LogP contribution in [0.2, 0.25) is 0 Å². The van der Waals surface area contributed by atoms with E-state index in [4.69, 9.17) is 0 Å². The minimum absolute atomic E-state index is 0.295. The van der Waals surface area contributed by atoms with Crippen molar-refractivity contribution in [3.63, 3.8) is 0 Å². The van der Waals surface area contributed by atoms with Crippen LogP contribution < -0.4 is 0 Å². The Morgan fingerprint density at radius 2 is 1.45 bits per heavy atom. The van der Waals surface area contributed by atoms with Crippen molar-refractivity contribution < 1.29 is 0 Å². The third-order valence-corrected chi connectivity index (χ3v) is 16.0. The Hall–Kier alpha value is 0.679. The van der Waals surface area contributed by atoms with Crippen LogP contribution in [-0.4, -0.2) is 59.8 Å². The molecule has 1 rings (SSSR count). The zero-order valence-corrected chi connectivity index (χ0v) is 18.2. The molecule has 0 saturated carbocycles. The predicted octanol–water partition coefficient (Wildman–Crippen LogP) is 3.65. The maximum absolute atomic E-state index is 2.90. The molecule has 1 heterocycles. The molecular formula is C16H36N3Sn. The van der Waals surface area contributed by atoms with E-state index in [-0.39, 0.29) is 0 Å². The number of hydrogen-bond donors (Lipinski definition) is 0. The van der Waals surface area contributed by atoms with Gasteiger partial charge in [0.25, 0.3) is 0 Å². The van der Waals surface area contributed by atoms with E-state index in [2.05, 4.69) is 78.6 Å². The molecule has 4 heteroatoms. The molecule has 1 aliphatic rings. The van der Waals surface area contributed by atoms with Gasteiger partial charge in [0.2, 0.25) is 0 Å². The Morgan fingerprint density at radius 1 is 1.00 bits per heavy atom. The summed E-state index contributed by atoms with van der Waals surface area (Å²) in [4.78, 5) is 0. The first-order valence-corrected chi connectivity index (χ1v) is 12.1. The van der Waals surface area contributed by atoms with E-state index in [0.717, 1.165) is 0 Å². The number of rotatable bonds is 5. The van der Waals surface area contributed by atoms with Crippen molar-refractivity contribution in [2.75, 3.05) is 0 Å². The summed E-state index contributed by atoms with van der Waals surface area (Å²) in [6.45, 7) is 23.8. The van der Waals surface area contributed by atoms with Gasteiger partial charge >= 0.3 is 135 Å². The molecule has 119 valence electrons. The Kier molecular flexibility index (Phi) is 6.41. The van der Waals surface area contributed by atoms with Gasteiger partial charge in [-0.1, -0.05) is 0 Å². The fourth-order valence-electron chi connectivity index (χ4n) is 3.48. The molecule has 0 aromatic rings. The molecule has 1 aliphatic heterocycles. The molecule has 1 radical (unpaired) electrons. The first-order chi connectivity index (χ1) is 9.03. The van der Waals surface area contributed by atoms with Gasteiger partial charge in [0.1, 0.15) is 0 Å². The van der Waals surface area contributed by atoms with Crippen molar-refractivity contribution in [2.45, 2.75) is 105 Å². The van der Waals surface area contributed by atoms with E-state index in [1.807, 2.05) is 0 Å². The summed E-state index contributed by atoms with van der Waals surface area (Å²) < 4.78 is 8.63. The van der Waals surface area contributed by atoms with E-state index in [1.165, 1.54) is 6.42 Å². The van der Waals surface area contributed by atoms with Crippen LogP contribution in [-0.2, 0) is 0 Å². The molecule has 0 aliphatic carbocycles. The fraction of sp³-hybridized carbons (Fsp3) is 1.00. The van der Waals surface area contributed by atoms with Gasteiger partial charge < -0.3 is 0 Å². The van der Waals surface area contributed by atoms with Crippen LogP contribution in [0.3, 0.4) is 0 Å². The molecule has 3 nitrogen and oxygen atoms in total. The second kappa shape index (κ2) is 6.84. The summed E-state index contributed by atoms with van der Waals surface area (Å²) in [6.07, 6.45) is 1.90. The standard InChI is InChI=1S/C10H22N2.C6H14N.Sn/c1-7-9(11-8(2)3)12-10(4,5)6;1-5(2)7-6(3)4;/h8-9H,7H2,1-6H3;5-6H,1-4H3;/q-2;-1;+3. The van der Waals surface area contributed by atoms with Crippen LogP contribution in [0.25, 0.3) is 0 Å². The molecule has 0 bridgehead atoms. The fourth-order valence-corrected chi connectivity index (χ4v) is 14.1. The molecule has 1 atom stereocenters. The average molecular weight is 389 g/mol. The van der Waals surface area contributed by atoms with E-state index in [0.29, 0.717) is 29.8 Å². The van der Waals surface area contributed by atoms with Crippen molar-refractivity contribution in [3.05, 3.63) is 0 Å². The minimum atomic E-state index is -1.91. The van der Waals surface area contributed by atoms with Gasteiger partial charge in [-0.3, -0.25) is 0 Å². The van der Waals surface area contributed by atoms with Crippen LogP contribution in [0, 0.1) is 0 Å². The number of hydrogen-bond acceptors (Lipinski definition) is 3. The maximum atomic E-state index is 2.90. The van der Waals surface area contributed by atoms with Gasteiger partial charge in [0.05, 0.1) is 0 Å². The summed E-state index contributed by atoms with van der Waals surface area (Å²) in [7, 11) is 0. The van der Waals surface area contributed by atoms with E-state index in [9.17, 15) is 0 Å². The van der Waals surface area contributed by atoms with Crippen molar-refractivity contribution in [1.82, 2.24) is 9.36 Å². The third kappa shape index (κ3) is 3.53. The van der Waals surface area contributed by atoms with Gasteiger partial charge in [0.15, 0.2) is 0 Å². The van der Waals surface area contributed by atoms with E-state index in [1.54, 1.807) is 0 Å². The molecule has 0 aromatic carbocycles. The van der Waals surface area contributed by atoms with E-state index >= 15 is 0 Å². The molecule has 0 N–H and O–H groups in total. The zero-order chi connectivity index (χ0) is 15.8. The summed E-state index contributed by atoms with van der Waals surface area (Å²) >= 11 is -1.91. The van der Waals surface area contributed by atoms with Crippen LogP contribution >= 0.6 is 0 Å². The first kappa shape index (κ1) is 18.7. The summed E-state index contributed by atoms with van der Waals surface area (Å²) in [6, 6.07) is 1.97. The predicted molar refractivity (Wildman–Crippen MR) is 90.5 cm³/mol. The second-order valence-corrected chi connectivity index (χ2v) is 13.9. The van der Waals surface area contributed by atoms with Crippen molar-refractivity contribution in [2.24, 2.45) is 0 Å². The van der Waals surface area contributed by atoms with Gasteiger partial charge in [-0.15, -0.1) is 0 Å². The van der Waals surface area contributed by atoms with Crippen molar-refractivity contribution in [3.8, 4) is 0 Å². The SMILES string of the molecule is CCC1[N](C(C)C)[Sn]([N](C(C)C)C(C)C)[N]1C(C)(C)C. The Bertz CT molecular complexity index is 301. The molecular weight excluding hydrogens is 353 g/mol. The van der Waals surface area contributed by atoms with Gasteiger partial charge in [-0.2, -0.15) is 0 Å². The topological polar surface area (TPSA) is 9.72 Å². The van der Waals surface area contributed by atoms with Gasteiger partial charge in [-0.05, 0) is 0 Å². The molecule has 1 fully saturated rings. The monoisotopic (exact) mass is 390 g/mol. The number of nitrogens with zero attached hydrogens (tertiary/aromatic N) is 3. The zero-order valence-electron chi connectivity index (χ0n) is 15.4. The molecule has 0 aromatic heterocycles. The molecule has 1 saturated heterocycles. The summed E-state index contributed by atoms with van der Waals surface area (Å²) in [5.74, 6) is 0. The van der Waals surface area contributed by atoms with E-state index < -0.39 is 20.6 Å².